The minimum atomic E-state index is 0.670. The predicted molar refractivity (Wildman–Crippen MR) is 56.6 cm³/mol. The molecule has 0 N–H and O–H groups in total. The van der Waals surface area contributed by atoms with Crippen LogP contribution in [-0.4, -0.2) is 31.5 Å². The Morgan fingerprint density at radius 2 is 1.71 bits per heavy atom. The standard InChI is InChI=1S/C11H19NO2/c1-10-4-5-11(2)12(10)6-7-14-9-8-13-3/h4-5H,6-9H2,1-3H3. The molecule has 0 spiro atoms. The van der Waals surface area contributed by atoms with E-state index < -0.39 is 0 Å². The van der Waals surface area contributed by atoms with Gasteiger partial charge in [-0.2, -0.15) is 0 Å². The molecule has 3 heteroatoms. The Balaban J connectivity index is 2.24. The van der Waals surface area contributed by atoms with Gasteiger partial charge in [0.2, 0.25) is 0 Å². The second kappa shape index (κ2) is 5.83. The number of hydrogen-bond donors (Lipinski definition) is 0. The van der Waals surface area contributed by atoms with Gasteiger partial charge in [-0.15, -0.1) is 0 Å². The molecule has 0 aliphatic carbocycles. The van der Waals surface area contributed by atoms with Gasteiger partial charge in [0, 0.05) is 25.0 Å². The third kappa shape index (κ3) is 3.16. The number of aromatic nitrogens is 1. The van der Waals surface area contributed by atoms with E-state index in [1.54, 1.807) is 7.11 Å². The number of methoxy groups -OCH3 is 1. The van der Waals surface area contributed by atoms with Gasteiger partial charge in [-0.05, 0) is 26.0 Å². The Morgan fingerprint density at radius 3 is 2.29 bits per heavy atom. The first-order chi connectivity index (χ1) is 6.75. The van der Waals surface area contributed by atoms with E-state index in [1.807, 2.05) is 0 Å². The number of aryl methyl sites for hydroxylation is 2. The highest BCUT2D eigenvalue weighted by Gasteiger charge is 1.99. The highest BCUT2D eigenvalue weighted by molar-refractivity contribution is 5.13. The average molecular weight is 197 g/mol. The Hall–Kier alpha value is -0.800. The molecule has 0 saturated carbocycles. The van der Waals surface area contributed by atoms with Crippen LogP contribution >= 0.6 is 0 Å². The Kier molecular flexibility index (Phi) is 4.70. The molecule has 0 bridgehead atoms. The van der Waals surface area contributed by atoms with Gasteiger partial charge in [0.15, 0.2) is 0 Å². The van der Waals surface area contributed by atoms with Crippen LogP contribution < -0.4 is 0 Å². The van der Waals surface area contributed by atoms with Crippen LogP contribution in [0.25, 0.3) is 0 Å². The highest BCUT2D eigenvalue weighted by Crippen LogP contribution is 2.06. The zero-order valence-electron chi connectivity index (χ0n) is 9.25. The van der Waals surface area contributed by atoms with Crippen molar-refractivity contribution in [3.63, 3.8) is 0 Å². The third-order valence-electron chi connectivity index (χ3n) is 2.31. The fourth-order valence-corrected chi connectivity index (χ4v) is 1.45. The van der Waals surface area contributed by atoms with E-state index in [2.05, 4.69) is 30.5 Å². The topological polar surface area (TPSA) is 23.4 Å². The van der Waals surface area contributed by atoms with Crippen LogP contribution in [0.5, 0.6) is 0 Å². The summed E-state index contributed by atoms with van der Waals surface area (Å²) in [6, 6.07) is 4.26. The van der Waals surface area contributed by atoms with Gasteiger partial charge < -0.3 is 14.0 Å². The summed E-state index contributed by atoms with van der Waals surface area (Å²) in [5, 5.41) is 0. The van der Waals surface area contributed by atoms with E-state index in [0.717, 1.165) is 13.2 Å². The van der Waals surface area contributed by atoms with Crippen molar-refractivity contribution in [1.29, 1.82) is 0 Å². The van der Waals surface area contributed by atoms with E-state index in [4.69, 9.17) is 9.47 Å². The zero-order chi connectivity index (χ0) is 10.4. The molecule has 1 rings (SSSR count). The summed E-state index contributed by atoms with van der Waals surface area (Å²) in [7, 11) is 1.68. The van der Waals surface area contributed by atoms with Gasteiger partial charge in [0.05, 0.1) is 19.8 Å². The largest absolute Gasteiger partial charge is 0.382 e. The van der Waals surface area contributed by atoms with Crippen LogP contribution in [0.4, 0.5) is 0 Å². The molecule has 3 nitrogen and oxygen atoms in total. The lowest BCUT2D eigenvalue weighted by Gasteiger charge is -2.09. The molecule has 0 aliphatic heterocycles. The van der Waals surface area contributed by atoms with Gasteiger partial charge in [0.25, 0.3) is 0 Å². The van der Waals surface area contributed by atoms with Gasteiger partial charge in [-0.3, -0.25) is 0 Å². The molecular formula is C11H19NO2. The lowest BCUT2D eigenvalue weighted by Crippen LogP contribution is -2.11. The van der Waals surface area contributed by atoms with Crippen LogP contribution in [0.2, 0.25) is 0 Å². The van der Waals surface area contributed by atoms with Crippen LogP contribution in [0.1, 0.15) is 11.4 Å². The normalized spacial score (nSPS) is 10.8. The first kappa shape index (κ1) is 11.3. The molecule has 0 unspecified atom stereocenters. The number of nitrogens with zero attached hydrogens (tertiary/aromatic N) is 1. The number of hydrogen-bond acceptors (Lipinski definition) is 2. The fourth-order valence-electron chi connectivity index (χ4n) is 1.45. The van der Waals surface area contributed by atoms with Gasteiger partial charge in [0.1, 0.15) is 0 Å². The fraction of sp³-hybridized carbons (Fsp3) is 0.636. The molecule has 0 radical (unpaired) electrons. The quantitative estimate of drug-likeness (QED) is 0.649. The van der Waals surface area contributed by atoms with E-state index in [0.29, 0.717) is 13.2 Å². The summed E-state index contributed by atoms with van der Waals surface area (Å²) in [6.07, 6.45) is 0. The SMILES string of the molecule is COCCOCCn1c(C)ccc1C. The Labute approximate surface area is 85.6 Å². The first-order valence-corrected chi connectivity index (χ1v) is 4.95. The first-order valence-electron chi connectivity index (χ1n) is 4.95. The lowest BCUT2D eigenvalue weighted by atomic mass is 10.5. The molecule has 0 amide bonds. The lowest BCUT2D eigenvalue weighted by molar-refractivity contribution is 0.0663. The number of ether oxygens (including phenoxy) is 2. The third-order valence-corrected chi connectivity index (χ3v) is 2.31. The Morgan fingerprint density at radius 1 is 1.07 bits per heavy atom. The summed E-state index contributed by atoms with van der Waals surface area (Å²) in [5.74, 6) is 0. The van der Waals surface area contributed by atoms with Crippen molar-refractivity contribution in [2.45, 2.75) is 20.4 Å². The summed E-state index contributed by atoms with van der Waals surface area (Å²) in [6.45, 7) is 7.25. The predicted octanol–water partition coefficient (Wildman–Crippen LogP) is 1.77. The summed E-state index contributed by atoms with van der Waals surface area (Å²) in [4.78, 5) is 0. The van der Waals surface area contributed by atoms with Crippen LogP contribution in [0.3, 0.4) is 0 Å². The van der Waals surface area contributed by atoms with Crippen molar-refractivity contribution >= 4 is 0 Å². The zero-order valence-corrected chi connectivity index (χ0v) is 9.25. The summed E-state index contributed by atoms with van der Waals surface area (Å²) < 4.78 is 12.6. The van der Waals surface area contributed by atoms with Crippen molar-refractivity contribution in [3.8, 4) is 0 Å². The second-order valence-corrected chi connectivity index (χ2v) is 3.37. The molecule has 0 fully saturated rings. The molecular weight excluding hydrogens is 178 g/mol. The van der Waals surface area contributed by atoms with Crippen LogP contribution in [0, 0.1) is 13.8 Å². The van der Waals surface area contributed by atoms with Crippen molar-refractivity contribution < 1.29 is 9.47 Å². The molecule has 1 heterocycles. The van der Waals surface area contributed by atoms with Crippen LogP contribution in [-0.2, 0) is 16.0 Å². The minimum absolute atomic E-state index is 0.670. The average Bonchev–Trinajstić information content (AvgIpc) is 2.48. The molecule has 1 aromatic heterocycles. The monoisotopic (exact) mass is 197 g/mol. The molecule has 80 valence electrons. The molecule has 0 atom stereocenters. The van der Waals surface area contributed by atoms with Crippen molar-refractivity contribution in [3.05, 3.63) is 23.5 Å². The molecule has 0 saturated heterocycles. The van der Waals surface area contributed by atoms with Gasteiger partial charge in [-0.1, -0.05) is 0 Å². The van der Waals surface area contributed by atoms with Crippen LogP contribution in [0.15, 0.2) is 12.1 Å². The van der Waals surface area contributed by atoms with E-state index in [1.165, 1.54) is 11.4 Å². The number of rotatable bonds is 6. The van der Waals surface area contributed by atoms with E-state index in [-0.39, 0.29) is 0 Å². The smallest absolute Gasteiger partial charge is 0.0701 e. The minimum Gasteiger partial charge on any atom is -0.382 e. The van der Waals surface area contributed by atoms with E-state index >= 15 is 0 Å². The Bertz CT molecular complexity index is 249. The van der Waals surface area contributed by atoms with Crippen molar-refractivity contribution in [2.75, 3.05) is 26.9 Å². The maximum Gasteiger partial charge on any atom is 0.0701 e. The molecule has 14 heavy (non-hydrogen) atoms. The maximum atomic E-state index is 5.41. The summed E-state index contributed by atoms with van der Waals surface area (Å²) >= 11 is 0. The van der Waals surface area contributed by atoms with Gasteiger partial charge in [-0.25, -0.2) is 0 Å². The van der Waals surface area contributed by atoms with Gasteiger partial charge >= 0.3 is 0 Å². The van der Waals surface area contributed by atoms with E-state index in [9.17, 15) is 0 Å². The van der Waals surface area contributed by atoms with Crippen molar-refractivity contribution in [1.82, 2.24) is 4.57 Å². The highest BCUT2D eigenvalue weighted by atomic mass is 16.5. The summed E-state index contributed by atoms with van der Waals surface area (Å²) in [5.41, 5.74) is 2.58. The molecule has 0 aromatic carbocycles. The second-order valence-electron chi connectivity index (χ2n) is 3.37. The van der Waals surface area contributed by atoms with Crippen molar-refractivity contribution in [2.24, 2.45) is 0 Å². The molecule has 0 aliphatic rings. The molecule has 1 aromatic rings. The maximum absolute atomic E-state index is 5.41.